The SMILES string of the molecule is O=C(CSc1nccc(N2CCC(Cc3ccccc3)CC2)n1)NC1CCCCC1. The molecule has 30 heavy (non-hydrogen) atoms. The molecule has 1 aliphatic heterocycles. The number of carbonyl (C=O) groups excluding carboxylic acids is 1. The van der Waals surface area contributed by atoms with Gasteiger partial charge in [-0.1, -0.05) is 61.4 Å². The summed E-state index contributed by atoms with van der Waals surface area (Å²) in [5.41, 5.74) is 1.43. The topological polar surface area (TPSA) is 58.1 Å². The number of carbonyl (C=O) groups is 1. The molecule has 1 aromatic heterocycles. The quantitative estimate of drug-likeness (QED) is 0.525. The van der Waals surface area contributed by atoms with Gasteiger partial charge in [-0.2, -0.15) is 0 Å². The number of aromatic nitrogens is 2. The molecule has 2 aromatic rings. The van der Waals surface area contributed by atoms with E-state index in [2.05, 4.69) is 45.5 Å². The van der Waals surface area contributed by atoms with Crippen LogP contribution in [0.25, 0.3) is 0 Å². The predicted molar refractivity (Wildman–Crippen MR) is 123 cm³/mol. The summed E-state index contributed by atoms with van der Waals surface area (Å²) < 4.78 is 0. The van der Waals surface area contributed by atoms with Gasteiger partial charge in [-0.3, -0.25) is 4.79 Å². The molecule has 0 bridgehead atoms. The van der Waals surface area contributed by atoms with Crippen molar-refractivity contribution in [2.24, 2.45) is 5.92 Å². The van der Waals surface area contributed by atoms with Gasteiger partial charge in [-0.15, -0.1) is 0 Å². The molecule has 2 fully saturated rings. The first-order valence-electron chi connectivity index (χ1n) is 11.3. The lowest BCUT2D eigenvalue weighted by atomic mass is 9.90. The monoisotopic (exact) mass is 424 g/mol. The standard InChI is InChI=1S/C24H32N4OS/c29-23(26-21-9-5-2-6-10-21)18-30-24-25-14-11-22(27-24)28-15-12-20(13-16-28)17-19-7-3-1-4-8-19/h1,3-4,7-8,11,14,20-21H,2,5-6,9-10,12-13,15-18H2,(H,26,29). The minimum Gasteiger partial charge on any atom is -0.356 e. The Bertz CT molecular complexity index is 802. The van der Waals surface area contributed by atoms with E-state index >= 15 is 0 Å². The molecule has 160 valence electrons. The van der Waals surface area contributed by atoms with E-state index in [4.69, 9.17) is 4.98 Å². The molecule has 1 amide bonds. The lowest BCUT2D eigenvalue weighted by Gasteiger charge is -2.33. The van der Waals surface area contributed by atoms with Crippen LogP contribution in [0.2, 0.25) is 0 Å². The van der Waals surface area contributed by atoms with Crippen molar-refractivity contribution in [3.8, 4) is 0 Å². The number of benzene rings is 1. The van der Waals surface area contributed by atoms with Crippen LogP contribution in [0.4, 0.5) is 5.82 Å². The first kappa shape index (κ1) is 21.2. The molecule has 1 saturated carbocycles. The molecule has 0 atom stereocenters. The maximum Gasteiger partial charge on any atom is 0.230 e. The van der Waals surface area contributed by atoms with Crippen molar-refractivity contribution >= 4 is 23.5 Å². The molecule has 0 spiro atoms. The maximum absolute atomic E-state index is 12.3. The van der Waals surface area contributed by atoms with Crippen molar-refractivity contribution in [1.82, 2.24) is 15.3 Å². The molecule has 0 radical (unpaired) electrons. The van der Waals surface area contributed by atoms with Gasteiger partial charge < -0.3 is 10.2 Å². The third-order valence-corrected chi connectivity index (χ3v) is 7.09. The normalized spacial score (nSPS) is 18.3. The van der Waals surface area contributed by atoms with Crippen molar-refractivity contribution in [1.29, 1.82) is 0 Å². The highest BCUT2D eigenvalue weighted by atomic mass is 32.2. The van der Waals surface area contributed by atoms with Crippen molar-refractivity contribution in [2.45, 2.75) is 62.6 Å². The van der Waals surface area contributed by atoms with Crippen LogP contribution in [0.15, 0.2) is 47.8 Å². The Labute approximate surface area is 184 Å². The fourth-order valence-corrected chi connectivity index (χ4v) is 5.17. The van der Waals surface area contributed by atoms with E-state index in [0.717, 1.165) is 44.1 Å². The second-order valence-electron chi connectivity index (χ2n) is 8.51. The van der Waals surface area contributed by atoms with E-state index in [0.29, 0.717) is 17.0 Å². The van der Waals surface area contributed by atoms with E-state index < -0.39 is 0 Å². The maximum atomic E-state index is 12.3. The Morgan fingerprint density at radius 2 is 1.80 bits per heavy atom. The Morgan fingerprint density at radius 1 is 1.03 bits per heavy atom. The summed E-state index contributed by atoms with van der Waals surface area (Å²) in [4.78, 5) is 23.7. The molecule has 1 aromatic carbocycles. The van der Waals surface area contributed by atoms with Crippen LogP contribution < -0.4 is 10.2 Å². The van der Waals surface area contributed by atoms with E-state index in [1.807, 2.05) is 12.3 Å². The number of nitrogens with one attached hydrogen (secondary N) is 1. The number of hydrogen-bond acceptors (Lipinski definition) is 5. The summed E-state index contributed by atoms with van der Waals surface area (Å²) in [6, 6.07) is 13.1. The highest BCUT2D eigenvalue weighted by Gasteiger charge is 2.21. The Kier molecular flexibility index (Phi) is 7.62. The fraction of sp³-hybridized carbons (Fsp3) is 0.542. The van der Waals surface area contributed by atoms with Gasteiger partial charge in [0.25, 0.3) is 0 Å². The van der Waals surface area contributed by atoms with E-state index in [9.17, 15) is 4.79 Å². The summed E-state index contributed by atoms with van der Waals surface area (Å²) in [5.74, 6) is 2.21. The van der Waals surface area contributed by atoms with Crippen LogP contribution in [0.5, 0.6) is 0 Å². The van der Waals surface area contributed by atoms with Gasteiger partial charge in [-0.05, 0) is 49.7 Å². The average Bonchev–Trinajstić information content (AvgIpc) is 2.80. The molecular formula is C24H32N4OS. The Balaban J connectivity index is 1.24. The summed E-state index contributed by atoms with van der Waals surface area (Å²) >= 11 is 1.44. The number of rotatable bonds is 7. The van der Waals surface area contributed by atoms with Crippen LogP contribution >= 0.6 is 11.8 Å². The van der Waals surface area contributed by atoms with Crippen molar-refractivity contribution in [3.05, 3.63) is 48.2 Å². The molecule has 1 aliphatic carbocycles. The van der Waals surface area contributed by atoms with Crippen molar-refractivity contribution in [2.75, 3.05) is 23.7 Å². The van der Waals surface area contributed by atoms with Gasteiger partial charge in [0.2, 0.25) is 5.91 Å². The van der Waals surface area contributed by atoms with Gasteiger partial charge in [0.15, 0.2) is 5.16 Å². The van der Waals surface area contributed by atoms with Gasteiger partial charge in [0.05, 0.1) is 5.75 Å². The molecule has 4 rings (SSSR count). The summed E-state index contributed by atoms with van der Waals surface area (Å²) in [5, 5.41) is 3.86. The van der Waals surface area contributed by atoms with Crippen LogP contribution in [-0.4, -0.2) is 40.8 Å². The highest BCUT2D eigenvalue weighted by Crippen LogP contribution is 2.26. The molecular weight excluding hydrogens is 392 g/mol. The number of hydrogen-bond donors (Lipinski definition) is 1. The van der Waals surface area contributed by atoms with Crippen LogP contribution in [0.3, 0.4) is 0 Å². The Hall–Kier alpha value is -2.08. The third-order valence-electron chi connectivity index (χ3n) is 6.23. The zero-order valence-electron chi connectivity index (χ0n) is 17.6. The summed E-state index contributed by atoms with van der Waals surface area (Å²) in [6.45, 7) is 2.06. The van der Waals surface area contributed by atoms with Crippen LogP contribution in [0, 0.1) is 5.92 Å². The minimum atomic E-state index is 0.0997. The molecule has 2 heterocycles. The van der Waals surface area contributed by atoms with Crippen LogP contribution in [-0.2, 0) is 11.2 Å². The molecule has 6 heteroatoms. The van der Waals surface area contributed by atoms with Gasteiger partial charge in [-0.25, -0.2) is 9.97 Å². The van der Waals surface area contributed by atoms with E-state index in [1.165, 1.54) is 49.4 Å². The number of amides is 1. The second-order valence-corrected chi connectivity index (χ2v) is 9.45. The number of anilines is 1. The third kappa shape index (κ3) is 6.21. The van der Waals surface area contributed by atoms with Crippen molar-refractivity contribution in [3.63, 3.8) is 0 Å². The second kappa shape index (κ2) is 10.8. The van der Waals surface area contributed by atoms with Crippen molar-refractivity contribution < 1.29 is 4.79 Å². The molecule has 2 aliphatic rings. The van der Waals surface area contributed by atoms with Gasteiger partial charge >= 0.3 is 0 Å². The van der Waals surface area contributed by atoms with Crippen LogP contribution in [0.1, 0.15) is 50.5 Å². The predicted octanol–water partition coefficient (Wildman–Crippen LogP) is 4.48. The van der Waals surface area contributed by atoms with E-state index in [1.54, 1.807) is 0 Å². The van der Waals surface area contributed by atoms with Gasteiger partial charge in [0.1, 0.15) is 5.82 Å². The van der Waals surface area contributed by atoms with E-state index in [-0.39, 0.29) is 5.91 Å². The average molecular weight is 425 g/mol. The fourth-order valence-electron chi connectivity index (χ4n) is 4.54. The summed E-state index contributed by atoms with van der Waals surface area (Å²) in [6.07, 6.45) is 11.3. The summed E-state index contributed by atoms with van der Waals surface area (Å²) in [7, 11) is 0. The molecule has 5 nitrogen and oxygen atoms in total. The first-order chi connectivity index (χ1) is 14.8. The lowest BCUT2D eigenvalue weighted by molar-refractivity contribution is -0.119. The largest absolute Gasteiger partial charge is 0.356 e. The first-order valence-corrected chi connectivity index (χ1v) is 12.3. The molecule has 0 unspecified atom stereocenters. The lowest BCUT2D eigenvalue weighted by Crippen LogP contribution is -2.37. The highest BCUT2D eigenvalue weighted by molar-refractivity contribution is 7.99. The number of piperidine rings is 1. The minimum absolute atomic E-state index is 0.0997. The smallest absolute Gasteiger partial charge is 0.230 e. The number of thioether (sulfide) groups is 1. The molecule has 1 saturated heterocycles. The zero-order valence-corrected chi connectivity index (χ0v) is 18.4. The Morgan fingerprint density at radius 3 is 2.57 bits per heavy atom. The molecule has 1 N–H and O–H groups in total. The zero-order chi connectivity index (χ0) is 20.6. The number of nitrogens with zero attached hydrogens (tertiary/aromatic N) is 3. The van der Waals surface area contributed by atoms with Gasteiger partial charge in [0, 0.05) is 25.3 Å².